The molecular formula is C18H22O8. The number of aromatic hydroxyl groups is 1. The van der Waals surface area contributed by atoms with E-state index in [1.165, 1.54) is 45.6 Å². The van der Waals surface area contributed by atoms with E-state index in [4.69, 9.17) is 14.2 Å². The van der Waals surface area contributed by atoms with Crippen LogP contribution >= 0.6 is 0 Å². The molecule has 1 N–H and O–H groups in total. The van der Waals surface area contributed by atoms with Crippen LogP contribution in [0.5, 0.6) is 5.75 Å². The van der Waals surface area contributed by atoms with Crippen LogP contribution in [0.1, 0.15) is 12.0 Å². The normalized spacial score (nSPS) is 11.0. The number of benzene rings is 1. The summed E-state index contributed by atoms with van der Waals surface area (Å²) in [5, 5.41) is 9.62. The third kappa shape index (κ3) is 5.51. The van der Waals surface area contributed by atoms with Crippen molar-refractivity contribution in [2.75, 3.05) is 27.9 Å². The maximum absolute atomic E-state index is 12.4. The predicted molar refractivity (Wildman–Crippen MR) is 90.4 cm³/mol. The Labute approximate surface area is 151 Å². The van der Waals surface area contributed by atoms with Gasteiger partial charge in [-0.3, -0.25) is 9.59 Å². The Kier molecular flexibility index (Phi) is 8.14. The van der Waals surface area contributed by atoms with Crippen molar-refractivity contribution in [2.24, 2.45) is 5.41 Å². The maximum atomic E-state index is 12.4. The zero-order valence-corrected chi connectivity index (χ0v) is 14.9. The Hall–Kier alpha value is -3.03. The lowest BCUT2D eigenvalue weighted by Gasteiger charge is -2.27. The number of carbonyl (C=O) groups is 3. The van der Waals surface area contributed by atoms with Gasteiger partial charge < -0.3 is 24.1 Å². The molecule has 0 radical (unpaired) electrons. The van der Waals surface area contributed by atoms with Crippen LogP contribution in [-0.4, -0.2) is 51.1 Å². The molecule has 0 saturated heterocycles. The molecule has 142 valence electrons. The predicted octanol–water partition coefficient (Wildman–Crippen LogP) is 2.00. The largest absolute Gasteiger partial charge is 0.508 e. The third-order valence-electron chi connectivity index (χ3n) is 3.67. The number of phenolic OH excluding ortho intramolecular Hbond substituents is 1. The number of esters is 2. The Balaban J connectivity index is 3.06. The van der Waals surface area contributed by atoms with Gasteiger partial charge in [0.15, 0.2) is 5.41 Å². The van der Waals surface area contributed by atoms with E-state index in [1.807, 2.05) is 0 Å². The summed E-state index contributed by atoms with van der Waals surface area (Å²) in [5.41, 5.74) is -1.08. The van der Waals surface area contributed by atoms with Crippen molar-refractivity contribution >= 4 is 18.1 Å². The summed E-state index contributed by atoms with van der Waals surface area (Å²) in [6.07, 6.45) is 2.05. The highest BCUT2D eigenvalue weighted by Crippen LogP contribution is 2.32. The van der Waals surface area contributed by atoms with Gasteiger partial charge >= 0.3 is 18.1 Å². The van der Waals surface area contributed by atoms with Crippen molar-refractivity contribution < 1.29 is 38.4 Å². The van der Waals surface area contributed by atoms with Gasteiger partial charge in [0.05, 0.1) is 21.3 Å². The minimum absolute atomic E-state index is 0.00755. The standard InChI is InChI=1S/C18H22O8/c1-23-15(20)18(16(21)24-2,9-4-5-10-26-17(22)25-3)12-13-7-6-8-14(19)11-13/h4-8,11,19H,9-10,12H2,1-3H3/b5-4+. The Morgan fingerprint density at radius 1 is 1.04 bits per heavy atom. The van der Waals surface area contributed by atoms with Gasteiger partial charge in [-0.15, -0.1) is 0 Å². The summed E-state index contributed by atoms with van der Waals surface area (Å²) in [7, 11) is 3.53. The molecule has 1 aromatic carbocycles. The highest BCUT2D eigenvalue weighted by atomic mass is 16.7. The number of carbonyl (C=O) groups excluding carboxylic acids is 3. The molecule has 0 aromatic heterocycles. The van der Waals surface area contributed by atoms with Crippen LogP contribution in [0, 0.1) is 5.41 Å². The maximum Gasteiger partial charge on any atom is 0.508 e. The van der Waals surface area contributed by atoms with E-state index in [9.17, 15) is 19.5 Å². The second kappa shape index (κ2) is 10.1. The van der Waals surface area contributed by atoms with Crippen LogP contribution in [0.4, 0.5) is 4.79 Å². The highest BCUT2D eigenvalue weighted by Gasteiger charge is 2.47. The topological polar surface area (TPSA) is 108 Å². The Bertz CT molecular complexity index is 649. The Morgan fingerprint density at radius 3 is 2.23 bits per heavy atom. The molecule has 8 heteroatoms. The van der Waals surface area contributed by atoms with Crippen molar-refractivity contribution in [1.29, 1.82) is 0 Å². The van der Waals surface area contributed by atoms with Gasteiger partial charge in [-0.2, -0.15) is 0 Å². The SMILES string of the molecule is COC(=O)OC/C=C/CC(Cc1cccc(O)c1)(C(=O)OC)C(=O)OC. The third-order valence-corrected chi connectivity index (χ3v) is 3.67. The summed E-state index contributed by atoms with van der Waals surface area (Å²) in [4.78, 5) is 35.7. The number of hydrogen-bond acceptors (Lipinski definition) is 8. The van der Waals surface area contributed by atoms with E-state index in [-0.39, 0.29) is 25.2 Å². The Morgan fingerprint density at radius 2 is 1.69 bits per heavy atom. The van der Waals surface area contributed by atoms with Crippen molar-refractivity contribution in [1.82, 2.24) is 0 Å². The number of methoxy groups -OCH3 is 3. The smallest absolute Gasteiger partial charge is 0.508 e. The van der Waals surface area contributed by atoms with Gasteiger partial charge in [0, 0.05) is 0 Å². The molecule has 0 amide bonds. The first kappa shape index (κ1) is 21.0. The molecule has 0 heterocycles. The van der Waals surface area contributed by atoms with Crippen molar-refractivity contribution in [3.63, 3.8) is 0 Å². The van der Waals surface area contributed by atoms with E-state index in [0.717, 1.165) is 0 Å². The first-order valence-electron chi connectivity index (χ1n) is 7.70. The van der Waals surface area contributed by atoms with Crippen molar-refractivity contribution in [2.45, 2.75) is 12.8 Å². The molecule has 0 aliphatic carbocycles. The van der Waals surface area contributed by atoms with Gasteiger partial charge in [0.25, 0.3) is 0 Å². The number of hydrogen-bond donors (Lipinski definition) is 1. The average molecular weight is 366 g/mol. The zero-order chi connectivity index (χ0) is 19.6. The number of ether oxygens (including phenoxy) is 4. The zero-order valence-electron chi connectivity index (χ0n) is 14.9. The van der Waals surface area contributed by atoms with Crippen LogP contribution < -0.4 is 0 Å². The molecule has 1 aromatic rings. The van der Waals surface area contributed by atoms with Crippen LogP contribution in [0.3, 0.4) is 0 Å². The molecule has 26 heavy (non-hydrogen) atoms. The fraction of sp³-hybridized carbons (Fsp3) is 0.389. The molecule has 0 fully saturated rings. The van der Waals surface area contributed by atoms with Gasteiger partial charge in [-0.05, 0) is 30.5 Å². The summed E-state index contributed by atoms with van der Waals surface area (Å²) >= 11 is 0. The van der Waals surface area contributed by atoms with Crippen LogP contribution in [0.15, 0.2) is 36.4 Å². The van der Waals surface area contributed by atoms with Crippen LogP contribution in [0.2, 0.25) is 0 Å². The van der Waals surface area contributed by atoms with E-state index in [1.54, 1.807) is 12.1 Å². The van der Waals surface area contributed by atoms with E-state index in [0.29, 0.717) is 5.56 Å². The fourth-order valence-corrected chi connectivity index (χ4v) is 2.40. The molecule has 0 aliphatic heterocycles. The summed E-state index contributed by atoms with van der Waals surface area (Å²) in [6, 6.07) is 6.20. The molecule has 0 atom stereocenters. The fourth-order valence-electron chi connectivity index (χ4n) is 2.40. The number of allylic oxidation sites excluding steroid dienone is 1. The minimum Gasteiger partial charge on any atom is -0.508 e. The van der Waals surface area contributed by atoms with Crippen LogP contribution in [0.25, 0.3) is 0 Å². The summed E-state index contributed by atoms with van der Waals surface area (Å²) in [6.45, 7) is -0.0861. The summed E-state index contributed by atoms with van der Waals surface area (Å²) < 4.78 is 18.7. The minimum atomic E-state index is -1.64. The second-order valence-corrected chi connectivity index (χ2v) is 5.35. The highest BCUT2D eigenvalue weighted by molar-refractivity contribution is 6.00. The summed E-state index contributed by atoms with van der Waals surface area (Å²) in [5.74, 6) is -1.54. The average Bonchev–Trinajstić information content (AvgIpc) is 2.65. The van der Waals surface area contributed by atoms with Gasteiger partial charge in [-0.1, -0.05) is 24.3 Å². The lowest BCUT2D eigenvalue weighted by Crippen LogP contribution is -2.43. The number of phenols is 1. The van der Waals surface area contributed by atoms with Crippen molar-refractivity contribution in [3.8, 4) is 5.75 Å². The molecule has 0 bridgehead atoms. The van der Waals surface area contributed by atoms with Gasteiger partial charge in [0.2, 0.25) is 0 Å². The molecule has 8 nitrogen and oxygen atoms in total. The van der Waals surface area contributed by atoms with E-state index in [2.05, 4.69) is 4.74 Å². The number of rotatable bonds is 8. The second-order valence-electron chi connectivity index (χ2n) is 5.35. The van der Waals surface area contributed by atoms with Crippen LogP contribution in [-0.2, 0) is 35.0 Å². The first-order chi connectivity index (χ1) is 12.4. The van der Waals surface area contributed by atoms with E-state index >= 15 is 0 Å². The lowest BCUT2D eigenvalue weighted by atomic mass is 9.78. The molecule has 1 rings (SSSR count). The molecule has 0 unspecified atom stereocenters. The lowest BCUT2D eigenvalue weighted by molar-refractivity contribution is -0.169. The molecular weight excluding hydrogens is 344 g/mol. The van der Waals surface area contributed by atoms with E-state index < -0.39 is 23.5 Å². The first-order valence-corrected chi connectivity index (χ1v) is 7.70. The molecule has 0 aliphatic rings. The molecule has 0 saturated carbocycles. The quantitative estimate of drug-likeness (QED) is 0.322. The van der Waals surface area contributed by atoms with Gasteiger partial charge in [0.1, 0.15) is 12.4 Å². The monoisotopic (exact) mass is 366 g/mol. The van der Waals surface area contributed by atoms with Crippen molar-refractivity contribution in [3.05, 3.63) is 42.0 Å². The van der Waals surface area contributed by atoms with Gasteiger partial charge in [-0.25, -0.2) is 4.79 Å². The molecule has 0 spiro atoms.